The number of nitrogens with one attached hydrogen (secondary N) is 1. The summed E-state index contributed by atoms with van der Waals surface area (Å²) in [5.41, 5.74) is 5.43. The van der Waals surface area contributed by atoms with E-state index in [1.165, 1.54) is 50.4 Å². The first-order valence-corrected chi connectivity index (χ1v) is 12.0. The van der Waals surface area contributed by atoms with E-state index in [1.54, 1.807) is 23.7 Å². The fraction of sp³-hybridized carbons (Fsp3) is 0.350. The first-order chi connectivity index (χ1) is 14.8. The number of aliphatic imine (C=N–C) groups is 1. The molecule has 0 radical (unpaired) electrons. The molecule has 12 heteroatoms. The molecule has 3 heterocycles. The van der Waals surface area contributed by atoms with Crippen molar-refractivity contribution in [1.82, 2.24) is 13.7 Å². The summed E-state index contributed by atoms with van der Waals surface area (Å²) in [7, 11) is -2.40. The molecule has 0 spiro atoms. The van der Waals surface area contributed by atoms with E-state index in [4.69, 9.17) is 5.73 Å². The van der Waals surface area contributed by atoms with Gasteiger partial charge >= 0.3 is 0 Å². The zero-order valence-corrected chi connectivity index (χ0v) is 19.6. The van der Waals surface area contributed by atoms with Crippen LogP contribution in [0.2, 0.25) is 0 Å². The van der Waals surface area contributed by atoms with Gasteiger partial charge < -0.3 is 11.1 Å². The minimum atomic E-state index is -3.81. The van der Waals surface area contributed by atoms with E-state index in [9.17, 15) is 17.6 Å². The second kappa shape index (κ2) is 7.36. The van der Waals surface area contributed by atoms with Crippen LogP contribution in [0.5, 0.6) is 0 Å². The zero-order valence-electron chi connectivity index (χ0n) is 18.0. The van der Waals surface area contributed by atoms with Crippen LogP contribution in [0, 0.1) is 5.82 Å². The van der Waals surface area contributed by atoms with Gasteiger partial charge in [0.15, 0.2) is 4.96 Å². The zero-order chi connectivity index (χ0) is 23.5. The predicted molar refractivity (Wildman–Crippen MR) is 122 cm³/mol. The number of amidine groups is 1. The molecule has 9 nitrogen and oxygen atoms in total. The minimum absolute atomic E-state index is 0.115. The van der Waals surface area contributed by atoms with Crippen molar-refractivity contribution in [2.24, 2.45) is 10.7 Å². The fourth-order valence-electron chi connectivity index (χ4n) is 3.67. The van der Waals surface area contributed by atoms with Crippen LogP contribution in [-0.2, 0) is 15.6 Å². The lowest BCUT2D eigenvalue weighted by molar-refractivity contribution is 0.102. The number of carbonyl (C=O) groups is 1. The number of carbonyl (C=O) groups excluding carboxylic acids is 1. The third-order valence-corrected chi connectivity index (χ3v) is 8.92. The van der Waals surface area contributed by atoms with Crippen LogP contribution >= 0.6 is 11.3 Å². The van der Waals surface area contributed by atoms with Gasteiger partial charge in [-0.15, -0.1) is 11.3 Å². The number of sulfonamides is 1. The van der Waals surface area contributed by atoms with Crippen molar-refractivity contribution in [2.45, 2.75) is 31.1 Å². The molecule has 0 fully saturated rings. The third-order valence-electron chi connectivity index (χ3n) is 5.70. The Morgan fingerprint density at radius 2 is 2.03 bits per heavy atom. The van der Waals surface area contributed by atoms with Crippen molar-refractivity contribution < 1.29 is 17.6 Å². The molecule has 170 valence electrons. The molecule has 1 atom stereocenters. The lowest BCUT2D eigenvalue weighted by Gasteiger charge is -2.29. The van der Waals surface area contributed by atoms with E-state index in [1.807, 2.05) is 5.38 Å². The number of nitrogens with two attached hydrogens (primary N) is 1. The highest BCUT2D eigenvalue weighted by Gasteiger charge is 2.48. The van der Waals surface area contributed by atoms with E-state index < -0.39 is 32.0 Å². The van der Waals surface area contributed by atoms with Crippen molar-refractivity contribution in [3.8, 4) is 0 Å². The Morgan fingerprint density at radius 3 is 2.72 bits per heavy atom. The lowest BCUT2D eigenvalue weighted by atomic mass is 9.91. The molecule has 1 aliphatic heterocycles. The lowest BCUT2D eigenvalue weighted by Crippen LogP contribution is -2.50. The van der Waals surface area contributed by atoms with E-state index in [0.29, 0.717) is 10.6 Å². The molecule has 0 saturated carbocycles. The summed E-state index contributed by atoms with van der Waals surface area (Å²) in [6.45, 7) is 4.42. The Labute approximate surface area is 188 Å². The second-order valence-electron chi connectivity index (χ2n) is 8.41. The summed E-state index contributed by atoms with van der Waals surface area (Å²) in [6.07, 6.45) is 3.40. The van der Waals surface area contributed by atoms with Crippen LogP contribution in [0.15, 0.2) is 41.0 Å². The molecule has 3 N–H and O–H groups in total. The number of halogens is 1. The molecule has 2 aromatic heterocycles. The topological polar surface area (TPSA) is 122 Å². The summed E-state index contributed by atoms with van der Waals surface area (Å²) in [4.78, 5) is 22.0. The SMILES string of the molecule is CN1CC(C)(c2cc(NC(=O)c3cn4ccsc4n3)ccc2F)N=C(N)C(C)(C)S1(=O)=O. The molecular weight excluding hydrogens is 455 g/mol. The highest BCUT2D eigenvalue weighted by Crippen LogP contribution is 2.36. The molecule has 0 bridgehead atoms. The van der Waals surface area contributed by atoms with Gasteiger partial charge in [-0.2, -0.15) is 0 Å². The largest absolute Gasteiger partial charge is 0.386 e. The van der Waals surface area contributed by atoms with Gasteiger partial charge in [0.1, 0.15) is 27.6 Å². The average Bonchev–Trinajstić information content (AvgIpc) is 3.29. The van der Waals surface area contributed by atoms with Crippen LogP contribution in [0.4, 0.5) is 10.1 Å². The summed E-state index contributed by atoms with van der Waals surface area (Å²) >= 11 is 1.40. The monoisotopic (exact) mass is 478 g/mol. The molecule has 4 rings (SSSR count). The molecule has 1 aromatic carbocycles. The average molecular weight is 479 g/mol. The third kappa shape index (κ3) is 3.48. The van der Waals surface area contributed by atoms with Crippen LogP contribution in [0.25, 0.3) is 4.96 Å². The molecule has 32 heavy (non-hydrogen) atoms. The first kappa shape index (κ1) is 22.4. The fourth-order valence-corrected chi connectivity index (χ4v) is 5.88. The molecule has 3 aromatic rings. The molecule has 0 saturated heterocycles. The highest BCUT2D eigenvalue weighted by molar-refractivity contribution is 7.91. The Kier molecular flexibility index (Phi) is 5.14. The van der Waals surface area contributed by atoms with Gasteiger partial charge in [-0.05, 0) is 39.0 Å². The minimum Gasteiger partial charge on any atom is -0.386 e. The standard InChI is InChI=1S/C20H23FN6O3S2/c1-19(2)17(22)25-20(3,11-26(4)32(19,29)30)13-9-12(5-6-14(13)21)23-16(28)15-10-27-7-8-31-18(27)24-15/h5-10H,11H2,1-4H3,(H2,22,25)(H,23,28). The smallest absolute Gasteiger partial charge is 0.275 e. The number of thiazole rings is 1. The van der Waals surface area contributed by atoms with Crippen molar-refractivity contribution in [3.05, 3.63) is 53.0 Å². The number of nitrogens with zero attached hydrogens (tertiary/aromatic N) is 4. The number of fused-ring (bicyclic) bond motifs is 1. The van der Waals surface area contributed by atoms with E-state index >= 15 is 0 Å². The Balaban J connectivity index is 1.71. The Bertz CT molecular complexity index is 1330. The van der Waals surface area contributed by atoms with Gasteiger partial charge in [-0.25, -0.2) is 22.1 Å². The van der Waals surface area contributed by atoms with Crippen LogP contribution in [0.3, 0.4) is 0 Å². The van der Waals surface area contributed by atoms with Crippen molar-refractivity contribution in [1.29, 1.82) is 0 Å². The van der Waals surface area contributed by atoms with Crippen LogP contribution in [-0.4, -0.2) is 52.2 Å². The van der Waals surface area contributed by atoms with Crippen molar-refractivity contribution >= 4 is 43.8 Å². The summed E-state index contributed by atoms with van der Waals surface area (Å²) in [5, 5.41) is 4.57. The van der Waals surface area contributed by atoms with Gasteiger partial charge in [-0.1, -0.05) is 0 Å². The predicted octanol–water partition coefficient (Wildman–Crippen LogP) is 2.41. The van der Waals surface area contributed by atoms with Crippen LogP contribution in [0.1, 0.15) is 36.8 Å². The number of rotatable bonds is 3. The maximum absolute atomic E-state index is 14.9. The van der Waals surface area contributed by atoms with Crippen molar-refractivity contribution in [2.75, 3.05) is 18.9 Å². The van der Waals surface area contributed by atoms with E-state index in [2.05, 4.69) is 15.3 Å². The number of imidazole rings is 1. The number of hydrogen-bond acceptors (Lipinski definition) is 7. The second-order valence-corrected chi connectivity index (χ2v) is 11.9. The maximum Gasteiger partial charge on any atom is 0.275 e. The molecular formula is C20H23FN6O3S2. The first-order valence-electron chi connectivity index (χ1n) is 9.70. The Morgan fingerprint density at radius 1 is 1.31 bits per heavy atom. The quantitative estimate of drug-likeness (QED) is 0.599. The molecule has 1 amide bonds. The summed E-state index contributed by atoms with van der Waals surface area (Å²) in [5.74, 6) is -1.15. The molecule has 0 aliphatic carbocycles. The molecule has 1 unspecified atom stereocenters. The number of benzene rings is 1. The van der Waals surface area contributed by atoms with Gasteiger partial charge in [0.2, 0.25) is 10.0 Å². The van der Waals surface area contributed by atoms with Crippen molar-refractivity contribution in [3.63, 3.8) is 0 Å². The van der Waals surface area contributed by atoms with Gasteiger partial charge in [-0.3, -0.25) is 14.2 Å². The molecule has 1 aliphatic rings. The number of hydrogen-bond donors (Lipinski definition) is 2. The van der Waals surface area contributed by atoms with Gasteiger partial charge in [0.05, 0.1) is 0 Å². The summed E-state index contributed by atoms with van der Waals surface area (Å²) < 4.78 is 42.1. The van der Waals surface area contributed by atoms with E-state index in [0.717, 1.165) is 4.31 Å². The Hall–Kier alpha value is -2.83. The maximum atomic E-state index is 14.9. The summed E-state index contributed by atoms with van der Waals surface area (Å²) in [6, 6.07) is 4.08. The normalized spacial score (nSPS) is 23.0. The van der Waals surface area contributed by atoms with Gasteiger partial charge in [0, 0.05) is 42.6 Å². The van der Waals surface area contributed by atoms with E-state index in [-0.39, 0.29) is 23.6 Å². The van der Waals surface area contributed by atoms with Gasteiger partial charge in [0.25, 0.3) is 5.91 Å². The number of amides is 1. The van der Waals surface area contributed by atoms with Crippen LogP contribution < -0.4 is 11.1 Å². The number of likely N-dealkylation sites (N-methyl/N-ethyl adjacent to an activating group) is 1. The number of anilines is 1. The highest BCUT2D eigenvalue weighted by atomic mass is 32.2. The number of aromatic nitrogens is 2.